The monoisotopic (exact) mass is 333 g/mol. The van der Waals surface area contributed by atoms with Crippen LogP contribution in [-0.4, -0.2) is 69.0 Å². The zero-order valence-corrected chi connectivity index (χ0v) is 14.3. The molecule has 0 unspecified atom stereocenters. The summed E-state index contributed by atoms with van der Waals surface area (Å²) in [4.78, 5) is 42.1. The van der Waals surface area contributed by atoms with Crippen molar-refractivity contribution in [2.75, 3.05) is 26.8 Å². The summed E-state index contributed by atoms with van der Waals surface area (Å²) >= 11 is 0. The quantitative estimate of drug-likeness (QED) is 0.779. The number of likely N-dealkylation sites (tertiary alicyclic amines) is 1. The van der Waals surface area contributed by atoms with Gasteiger partial charge in [0.2, 0.25) is 17.7 Å². The maximum atomic E-state index is 13.1. The van der Waals surface area contributed by atoms with E-state index in [-0.39, 0.29) is 36.2 Å². The smallest absolute Gasteiger partial charge is 0.243 e. The summed E-state index contributed by atoms with van der Waals surface area (Å²) in [5.74, 6) is -0.418. The molecule has 0 spiro atoms. The third-order valence-electron chi connectivity index (χ3n) is 5.05. The minimum atomic E-state index is -0.354. The molecule has 1 aromatic rings. The first-order valence-electron chi connectivity index (χ1n) is 8.24. The molecule has 8 nitrogen and oxygen atoms in total. The van der Waals surface area contributed by atoms with Gasteiger partial charge >= 0.3 is 0 Å². The topological polar surface area (TPSA) is 78.8 Å². The van der Waals surface area contributed by atoms with Gasteiger partial charge < -0.3 is 14.7 Å². The molecule has 2 aliphatic heterocycles. The Labute approximate surface area is 141 Å². The number of hydrogen-bond acceptors (Lipinski definition) is 4. The number of carbonyl (C=O) groups excluding carboxylic acids is 3. The summed E-state index contributed by atoms with van der Waals surface area (Å²) in [6.07, 6.45) is 2.51. The van der Waals surface area contributed by atoms with Crippen LogP contribution >= 0.6 is 0 Å². The number of carbonyl (C=O) groups is 3. The first-order valence-corrected chi connectivity index (χ1v) is 8.24. The highest BCUT2D eigenvalue weighted by Gasteiger charge is 2.43. The van der Waals surface area contributed by atoms with Crippen molar-refractivity contribution in [2.45, 2.75) is 25.8 Å². The van der Waals surface area contributed by atoms with Crippen molar-refractivity contribution in [3.8, 4) is 0 Å². The van der Waals surface area contributed by atoms with E-state index >= 15 is 0 Å². The number of piperidine rings is 1. The van der Waals surface area contributed by atoms with Crippen LogP contribution in [0.15, 0.2) is 12.3 Å². The van der Waals surface area contributed by atoms with Crippen LogP contribution in [0.5, 0.6) is 0 Å². The second-order valence-electron chi connectivity index (χ2n) is 6.40. The van der Waals surface area contributed by atoms with E-state index in [1.807, 2.05) is 20.0 Å². The highest BCUT2D eigenvalue weighted by Crippen LogP contribution is 2.37. The molecule has 2 saturated heterocycles. The molecule has 3 heterocycles. The van der Waals surface area contributed by atoms with Gasteiger partial charge in [-0.15, -0.1) is 0 Å². The summed E-state index contributed by atoms with van der Waals surface area (Å²) in [7, 11) is 3.54. The predicted molar refractivity (Wildman–Crippen MR) is 85.4 cm³/mol. The summed E-state index contributed by atoms with van der Waals surface area (Å²) in [6, 6.07) is 1.49. The number of hydrogen-bond donors (Lipinski definition) is 0. The van der Waals surface area contributed by atoms with Crippen molar-refractivity contribution in [3.05, 3.63) is 18.0 Å². The molecule has 0 N–H and O–H groups in total. The van der Waals surface area contributed by atoms with Crippen LogP contribution in [0.3, 0.4) is 0 Å². The fraction of sp³-hybridized carbons (Fsp3) is 0.625. The first kappa shape index (κ1) is 16.5. The van der Waals surface area contributed by atoms with Crippen LogP contribution in [0.2, 0.25) is 0 Å². The molecule has 3 amide bonds. The molecule has 130 valence electrons. The number of amides is 3. The summed E-state index contributed by atoms with van der Waals surface area (Å²) in [6.45, 7) is 2.95. The van der Waals surface area contributed by atoms with Crippen LogP contribution in [0.25, 0.3) is 0 Å². The lowest BCUT2D eigenvalue weighted by Gasteiger charge is -2.39. The molecule has 2 atom stereocenters. The third-order valence-corrected chi connectivity index (χ3v) is 5.05. The minimum Gasteiger partial charge on any atom is -0.336 e. The fourth-order valence-electron chi connectivity index (χ4n) is 3.63. The lowest BCUT2D eigenvalue weighted by molar-refractivity contribution is -0.147. The molecule has 24 heavy (non-hydrogen) atoms. The Morgan fingerprint density at radius 3 is 2.62 bits per heavy atom. The van der Waals surface area contributed by atoms with E-state index in [2.05, 4.69) is 5.10 Å². The lowest BCUT2D eigenvalue weighted by atomic mass is 9.86. The molecule has 0 aliphatic carbocycles. The van der Waals surface area contributed by atoms with Crippen LogP contribution in [0, 0.1) is 5.92 Å². The second kappa shape index (κ2) is 6.26. The molecular formula is C16H23N5O3. The van der Waals surface area contributed by atoms with Gasteiger partial charge in [0.25, 0.3) is 0 Å². The summed E-state index contributed by atoms with van der Waals surface area (Å²) in [5.41, 5.74) is 0.835. The van der Waals surface area contributed by atoms with Crippen LogP contribution in [0.4, 0.5) is 0 Å². The van der Waals surface area contributed by atoms with Crippen LogP contribution in [0.1, 0.15) is 31.5 Å². The van der Waals surface area contributed by atoms with Gasteiger partial charge in [-0.3, -0.25) is 19.1 Å². The van der Waals surface area contributed by atoms with E-state index in [0.29, 0.717) is 26.1 Å². The van der Waals surface area contributed by atoms with Crippen molar-refractivity contribution in [1.29, 1.82) is 0 Å². The van der Waals surface area contributed by atoms with E-state index in [4.69, 9.17) is 0 Å². The van der Waals surface area contributed by atoms with Crippen LogP contribution in [-0.2, 0) is 21.4 Å². The lowest BCUT2D eigenvalue weighted by Crippen LogP contribution is -2.48. The van der Waals surface area contributed by atoms with E-state index in [0.717, 1.165) is 5.69 Å². The average molecular weight is 333 g/mol. The van der Waals surface area contributed by atoms with Gasteiger partial charge in [0.05, 0.1) is 24.3 Å². The van der Waals surface area contributed by atoms with E-state index < -0.39 is 0 Å². The largest absolute Gasteiger partial charge is 0.336 e. The Kier molecular flexibility index (Phi) is 4.29. The highest BCUT2D eigenvalue weighted by molar-refractivity contribution is 5.90. The number of rotatable bonds is 3. The second-order valence-corrected chi connectivity index (χ2v) is 6.40. The molecule has 0 saturated carbocycles. The average Bonchev–Trinajstić information content (AvgIpc) is 3.15. The molecule has 3 rings (SSSR count). The molecule has 1 aromatic heterocycles. The highest BCUT2D eigenvalue weighted by atomic mass is 16.2. The van der Waals surface area contributed by atoms with E-state index in [9.17, 15) is 14.4 Å². The Morgan fingerprint density at radius 2 is 2.04 bits per heavy atom. The zero-order valence-electron chi connectivity index (χ0n) is 14.3. The van der Waals surface area contributed by atoms with Gasteiger partial charge in [0, 0.05) is 33.3 Å². The normalized spacial score (nSPS) is 24.9. The number of likely N-dealkylation sites (N-methyl/N-ethyl adjacent to an activating group) is 1. The standard InChI is InChI=1S/C16H23N5O3/c1-4-20-10-21(9-14(20)23)16(24)11-5-6-13(22)18(2)15(11)12-7-8-17-19(12)3/h7-8,11,15H,4-6,9-10H2,1-3H3/t11-,15-/m1/s1. The summed E-state index contributed by atoms with van der Waals surface area (Å²) < 4.78 is 1.70. The molecular weight excluding hydrogens is 310 g/mol. The molecule has 8 heteroatoms. The Balaban J connectivity index is 1.87. The molecule has 2 aliphatic rings. The van der Waals surface area contributed by atoms with Gasteiger partial charge in [-0.25, -0.2) is 0 Å². The molecule has 0 bridgehead atoms. The Bertz CT molecular complexity index is 670. The predicted octanol–water partition coefficient (Wildman–Crippen LogP) is -0.0222. The molecule has 0 aromatic carbocycles. The van der Waals surface area contributed by atoms with Gasteiger partial charge in [-0.05, 0) is 19.4 Å². The van der Waals surface area contributed by atoms with Crippen molar-refractivity contribution in [2.24, 2.45) is 13.0 Å². The van der Waals surface area contributed by atoms with Crippen molar-refractivity contribution < 1.29 is 14.4 Å². The fourth-order valence-corrected chi connectivity index (χ4v) is 3.63. The van der Waals surface area contributed by atoms with Gasteiger partial charge in [-0.1, -0.05) is 0 Å². The van der Waals surface area contributed by atoms with Crippen LogP contribution < -0.4 is 0 Å². The summed E-state index contributed by atoms with van der Waals surface area (Å²) in [5, 5.41) is 4.17. The number of aromatic nitrogens is 2. The Hall–Kier alpha value is -2.38. The number of nitrogens with zero attached hydrogens (tertiary/aromatic N) is 5. The molecule has 0 radical (unpaired) electrons. The SMILES string of the molecule is CCN1CN(C(=O)[C@@H]2CCC(=O)N(C)[C@H]2c2ccnn2C)CC1=O. The maximum absolute atomic E-state index is 13.1. The third kappa shape index (κ3) is 2.65. The first-order chi connectivity index (χ1) is 11.4. The van der Waals surface area contributed by atoms with Gasteiger partial charge in [0.1, 0.15) is 6.54 Å². The van der Waals surface area contributed by atoms with Crippen molar-refractivity contribution in [1.82, 2.24) is 24.5 Å². The Morgan fingerprint density at radius 1 is 1.29 bits per heavy atom. The number of aryl methyl sites for hydroxylation is 1. The minimum absolute atomic E-state index is 0.0248. The zero-order chi connectivity index (χ0) is 17.4. The van der Waals surface area contributed by atoms with Crippen molar-refractivity contribution >= 4 is 17.7 Å². The van der Waals surface area contributed by atoms with Gasteiger partial charge in [0.15, 0.2) is 0 Å². The maximum Gasteiger partial charge on any atom is 0.243 e. The molecule has 2 fully saturated rings. The van der Waals surface area contributed by atoms with Gasteiger partial charge in [-0.2, -0.15) is 5.10 Å². The van der Waals surface area contributed by atoms with E-state index in [1.54, 1.807) is 32.6 Å². The van der Waals surface area contributed by atoms with E-state index in [1.165, 1.54) is 0 Å². The van der Waals surface area contributed by atoms with Crippen molar-refractivity contribution in [3.63, 3.8) is 0 Å².